The van der Waals surface area contributed by atoms with Crippen molar-refractivity contribution in [1.82, 2.24) is 4.98 Å². The van der Waals surface area contributed by atoms with E-state index in [0.717, 1.165) is 37.1 Å². The van der Waals surface area contributed by atoms with Crippen LogP contribution in [0.2, 0.25) is 0 Å². The Morgan fingerprint density at radius 1 is 1.45 bits per heavy atom. The van der Waals surface area contributed by atoms with Gasteiger partial charge in [-0.1, -0.05) is 19.1 Å². The smallest absolute Gasteiger partial charge is 0.131 e. The zero-order chi connectivity index (χ0) is 13.9. The lowest BCUT2D eigenvalue weighted by Gasteiger charge is -2.24. The third kappa shape index (κ3) is 2.72. The van der Waals surface area contributed by atoms with Crippen molar-refractivity contribution in [2.45, 2.75) is 45.3 Å². The van der Waals surface area contributed by atoms with E-state index in [1.807, 2.05) is 12.1 Å². The number of aromatic nitrogens is 1. The van der Waals surface area contributed by atoms with Crippen LogP contribution in [0.1, 0.15) is 47.6 Å². The van der Waals surface area contributed by atoms with E-state index in [1.165, 1.54) is 16.1 Å². The molecule has 106 valence electrons. The van der Waals surface area contributed by atoms with Gasteiger partial charge >= 0.3 is 0 Å². The van der Waals surface area contributed by atoms with Crippen molar-refractivity contribution in [3.8, 4) is 5.75 Å². The van der Waals surface area contributed by atoms with Gasteiger partial charge in [-0.3, -0.25) is 0 Å². The maximum absolute atomic E-state index is 6.18. The molecule has 20 heavy (non-hydrogen) atoms. The van der Waals surface area contributed by atoms with Crippen molar-refractivity contribution in [3.63, 3.8) is 0 Å². The van der Waals surface area contributed by atoms with Crippen molar-refractivity contribution >= 4 is 11.3 Å². The zero-order valence-electron chi connectivity index (χ0n) is 11.8. The molecule has 0 fully saturated rings. The summed E-state index contributed by atoms with van der Waals surface area (Å²) in [6.45, 7) is 2.67. The van der Waals surface area contributed by atoms with E-state index >= 15 is 0 Å². The second-order valence-corrected chi connectivity index (χ2v) is 6.14. The molecule has 2 N–H and O–H groups in total. The first-order chi connectivity index (χ1) is 9.78. The molecule has 1 aliphatic rings. The molecule has 1 atom stereocenters. The van der Waals surface area contributed by atoms with E-state index in [0.29, 0.717) is 6.61 Å². The van der Waals surface area contributed by atoms with Crippen molar-refractivity contribution in [2.24, 2.45) is 5.73 Å². The number of aryl methyl sites for hydroxylation is 1. The molecule has 1 unspecified atom stereocenters. The quantitative estimate of drug-likeness (QED) is 0.934. The van der Waals surface area contributed by atoms with Gasteiger partial charge in [-0.15, -0.1) is 11.3 Å². The van der Waals surface area contributed by atoms with Gasteiger partial charge in [0.25, 0.3) is 0 Å². The van der Waals surface area contributed by atoms with E-state index in [2.05, 4.69) is 23.4 Å². The Bertz CT molecular complexity index is 594. The van der Waals surface area contributed by atoms with Crippen LogP contribution in [-0.4, -0.2) is 4.98 Å². The summed E-state index contributed by atoms with van der Waals surface area (Å²) in [5, 5.41) is 3.25. The molecule has 4 heteroatoms. The van der Waals surface area contributed by atoms with Gasteiger partial charge in [0.2, 0.25) is 0 Å². The van der Waals surface area contributed by atoms with Gasteiger partial charge in [0.05, 0.1) is 10.7 Å². The summed E-state index contributed by atoms with van der Waals surface area (Å²) in [4.78, 5) is 4.54. The van der Waals surface area contributed by atoms with Crippen LogP contribution in [0, 0.1) is 0 Å². The van der Waals surface area contributed by atoms with Crippen LogP contribution >= 0.6 is 11.3 Å². The van der Waals surface area contributed by atoms with Gasteiger partial charge in [0.15, 0.2) is 0 Å². The number of thiazole rings is 1. The van der Waals surface area contributed by atoms with Crippen molar-refractivity contribution in [2.75, 3.05) is 0 Å². The summed E-state index contributed by atoms with van der Waals surface area (Å²) in [6.07, 6.45) is 4.27. The Kier molecular flexibility index (Phi) is 4.03. The largest absolute Gasteiger partial charge is 0.487 e. The molecule has 0 saturated carbocycles. The Balaban J connectivity index is 1.76. The van der Waals surface area contributed by atoms with Gasteiger partial charge in [-0.05, 0) is 42.9 Å². The standard InChI is InChI=1S/C16H20N2OS/c1-2-16-18-11(10-20-16)9-19-15-8-4-5-12-13(15)6-3-7-14(12)17/h4-5,8,10,14H,2-3,6-7,9,17H2,1H3. The molecule has 0 amide bonds. The van der Waals surface area contributed by atoms with Crippen LogP contribution in [-0.2, 0) is 19.4 Å². The normalized spacial score (nSPS) is 17.8. The lowest BCUT2D eigenvalue weighted by atomic mass is 9.87. The minimum atomic E-state index is 0.160. The fourth-order valence-corrected chi connectivity index (χ4v) is 3.45. The third-order valence-corrected chi connectivity index (χ3v) is 4.83. The lowest BCUT2D eigenvalue weighted by molar-refractivity contribution is 0.296. The molecular weight excluding hydrogens is 268 g/mol. The number of nitrogens with zero attached hydrogens (tertiary/aromatic N) is 1. The fourth-order valence-electron chi connectivity index (χ4n) is 2.72. The average molecular weight is 288 g/mol. The number of ether oxygens (including phenoxy) is 1. The molecule has 1 aliphatic carbocycles. The Morgan fingerprint density at radius 2 is 2.35 bits per heavy atom. The average Bonchev–Trinajstić information content (AvgIpc) is 2.94. The molecule has 3 nitrogen and oxygen atoms in total. The molecule has 0 bridgehead atoms. The predicted octanol–water partition coefficient (Wildman–Crippen LogP) is 3.62. The van der Waals surface area contributed by atoms with Crippen LogP contribution in [0.5, 0.6) is 5.75 Å². The van der Waals surface area contributed by atoms with Crippen molar-refractivity contribution < 1.29 is 4.74 Å². The molecular formula is C16H20N2OS. The second kappa shape index (κ2) is 5.94. The molecule has 0 radical (unpaired) electrons. The highest BCUT2D eigenvalue weighted by molar-refractivity contribution is 7.09. The summed E-state index contributed by atoms with van der Waals surface area (Å²) < 4.78 is 5.99. The molecule has 0 aliphatic heterocycles. The van der Waals surface area contributed by atoms with Gasteiger partial charge in [0.1, 0.15) is 12.4 Å². The molecule has 0 saturated heterocycles. The number of hydrogen-bond acceptors (Lipinski definition) is 4. The number of fused-ring (bicyclic) bond motifs is 1. The van der Waals surface area contributed by atoms with Crippen LogP contribution < -0.4 is 10.5 Å². The van der Waals surface area contributed by atoms with Crippen LogP contribution in [0.25, 0.3) is 0 Å². The van der Waals surface area contributed by atoms with E-state index in [4.69, 9.17) is 10.5 Å². The number of benzene rings is 1. The summed E-state index contributed by atoms with van der Waals surface area (Å²) in [7, 11) is 0. The maximum atomic E-state index is 6.18. The van der Waals surface area contributed by atoms with E-state index in [9.17, 15) is 0 Å². The summed E-state index contributed by atoms with van der Waals surface area (Å²) in [6, 6.07) is 6.37. The minimum absolute atomic E-state index is 0.160. The van der Waals surface area contributed by atoms with Crippen molar-refractivity contribution in [1.29, 1.82) is 0 Å². The highest BCUT2D eigenvalue weighted by Crippen LogP contribution is 2.34. The van der Waals surface area contributed by atoms with Crippen LogP contribution in [0.4, 0.5) is 0 Å². The Morgan fingerprint density at radius 3 is 3.15 bits per heavy atom. The van der Waals surface area contributed by atoms with Gasteiger partial charge in [-0.2, -0.15) is 0 Å². The summed E-state index contributed by atoms with van der Waals surface area (Å²) in [5.41, 5.74) is 9.74. The van der Waals surface area contributed by atoms with Crippen LogP contribution in [0.15, 0.2) is 23.6 Å². The number of hydrogen-bond donors (Lipinski definition) is 1. The molecule has 3 rings (SSSR count). The molecule has 1 heterocycles. The third-order valence-electron chi connectivity index (χ3n) is 3.79. The first-order valence-electron chi connectivity index (χ1n) is 7.21. The number of nitrogens with two attached hydrogens (primary N) is 1. The van der Waals surface area contributed by atoms with E-state index in [1.54, 1.807) is 11.3 Å². The van der Waals surface area contributed by atoms with E-state index in [-0.39, 0.29) is 6.04 Å². The maximum Gasteiger partial charge on any atom is 0.131 e. The SMILES string of the molecule is CCc1nc(COc2cccc3c2CCCC3N)cs1. The molecule has 1 aromatic heterocycles. The highest BCUT2D eigenvalue weighted by Gasteiger charge is 2.19. The Hall–Kier alpha value is -1.39. The zero-order valence-corrected chi connectivity index (χ0v) is 12.6. The van der Waals surface area contributed by atoms with Gasteiger partial charge < -0.3 is 10.5 Å². The molecule has 0 spiro atoms. The van der Waals surface area contributed by atoms with Crippen molar-refractivity contribution in [3.05, 3.63) is 45.4 Å². The molecule has 2 aromatic rings. The van der Waals surface area contributed by atoms with Gasteiger partial charge in [-0.25, -0.2) is 4.98 Å². The molecule has 1 aromatic carbocycles. The lowest BCUT2D eigenvalue weighted by Crippen LogP contribution is -2.18. The fraction of sp³-hybridized carbons (Fsp3) is 0.438. The summed E-state index contributed by atoms with van der Waals surface area (Å²) in [5.74, 6) is 0.976. The number of rotatable bonds is 4. The second-order valence-electron chi connectivity index (χ2n) is 5.20. The van der Waals surface area contributed by atoms with E-state index < -0.39 is 0 Å². The first kappa shape index (κ1) is 13.6. The van der Waals surface area contributed by atoms with Gasteiger partial charge in [0, 0.05) is 11.4 Å². The predicted molar refractivity (Wildman–Crippen MR) is 82.1 cm³/mol. The first-order valence-corrected chi connectivity index (χ1v) is 8.09. The highest BCUT2D eigenvalue weighted by atomic mass is 32.1. The topological polar surface area (TPSA) is 48.1 Å². The summed E-state index contributed by atoms with van der Waals surface area (Å²) >= 11 is 1.70. The monoisotopic (exact) mass is 288 g/mol. The minimum Gasteiger partial charge on any atom is -0.487 e. The Labute approximate surface area is 123 Å². The van der Waals surface area contributed by atoms with Crippen LogP contribution in [0.3, 0.4) is 0 Å².